The molecule has 16 heavy (non-hydrogen) atoms. The van der Waals surface area contributed by atoms with Crippen LogP contribution in [0.2, 0.25) is 0 Å². The summed E-state index contributed by atoms with van der Waals surface area (Å²) in [7, 11) is 3.78. The predicted octanol–water partition coefficient (Wildman–Crippen LogP) is 3.29. The summed E-state index contributed by atoms with van der Waals surface area (Å²) in [6.07, 6.45) is 2.20. The molecule has 0 heterocycles. The normalized spacial score (nSPS) is 12.8. The van der Waals surface area contributed by atoms with E-state index in [1.54, 1.807) is 7.11 Å². The molecule has 0 spiro atoms. The summed E-state index contributed by atoms with van der Waals surface area (Å²) in [4.78, 5) is 0. The molecule has 0 aliphatic rings. The monoisotopic (exact) mass is 333 g/mol. The quantitative estimate of drug-likeness (QED) is 0.637. The minimum atomic E-state index is 0.432. The van der Waals surface area contributed by atoms with E-state index in [1.807, 2.05) is 7.05 Å². The average molecular weight is 333 g/mol. The number of nitrogens with one attached hydrogen (secondary N) is 1. The van der Waals surface area contributed by atoms with Crippen LogP contribution in [0, 0.1) is 10.5 Å². The molecule has 1 atom stereocenters. The van der Waals surface area contributed by atoms with Gasteiger partial charge in [0, 0.05) is 23.3 Å². The summed E-state index contributed by atoms with van der Waals surface area (Å²) in [5.74, 6) is 0. The van der Waals surface area contributed by atoms with Gasteiger partial charge in [0.2, 0.25) is 0 Å². The lowest BCUT2D eigenvalue weighted by atomic mass is 10.0. The van der Waals surface area contributed by atoms with Gasteiger partial charge in [-0.1, -0.05) is 18.2 Å². The molecule has 0 aliphatic heterocycles. The molecule has 90 valence electrons. The number of benzene rings is 1. The Bertz CT molecular complexity index is 328. The summed E-state index contributed by atoms with van der Waals surface area (Å²) in [6.45, 7) is 2.99. The number of hydrogen-bond acceptors (Lipinski definition) is 2. The average Bonchev–Trinajstić information content (AvgIpc) is 2.29. The van der Waals surface area contributed by atoms with E-state index in [4.69, 9.17) is 4.74 Å². The maximum Gasteiger partial charge on any atom is 0.0462 e. The number of aryl methyl sites for hydroxylation is 1. The highest BCUT2D eigenvalue weighted by molar-refractivity contribution is 14.1. The number of hydrogen-bond donors (Lipinski definition) is 1. The van der Waals surface area contributed by atoms with Crippen molar-refractivity contribution in [2.45, 2.75) is 25.8 Å². The molecule has 0 saturated carbocycles. The van der Waals surface area contributed by atoms with E-state index in [2.05, 4.69) is 53.0 Å². The molecule has 0 fully saturated rings. The molecule has 0 radical (unpaired) electrons. The third-order valence-electron chi connectivity index (χ3n) is 2.79. The Balaban J connectivity index is 2.74. The lowest BCUT2D eigenvalue weighted by Crippen LogP contribution is -2.18. The van der Waals surface area contributed by atoms with E-state index in [-0.39, 0.29) is 0 Å². The highest BCUT2D eigenvalue weighted by atomic mass is 127. The number of ether oxygens (including phenoxy) is 1. The van der Waals surface area contributed by atoms with Crippen molar-refractivity contribution in [3.8, 4) is 0 Å². The van der Waals surface area contributed by atoms with Crippen LogP contribution in [0.15, 0.2) is 18.2 Å². The van der Waals surface area contributed by atoms with E-state index in [9.17, 15) is 0 Å². The van der Waals surface area contributed by atoms with Crippen molar-refractivity contribution in [2.24, 2.45) is 0 Å². The van der Waals surface area contributed by atoms with Crippen LogP contribution in [0.3, 0.4) is 0 Å². The fourth-order valence-corrected chi connectivity index (χ4v) is 2.56. The van der Waals surface area contributed by atoms with E-state index in [0.717, 1.165) is 19.4 Å². The largest absolute Gasteiger partial charge is 0.385 e. The Morgan fingerprint density at radius 2 is 2.19 bits per heavy atom. The van der Waals surface area contributed by atoms with E-state index >= 15 is 0 Å². The SMILES string of the molecule is CNC(CCCOC)c1cccc(C)c1I. The molecule has 1 unspecified atom stereocenters. The van der Waals surface area contributed by atoms with Crippen LogP contribution >= 0.6 is 22.6 Å². The van der Waals surface area contributed by atoms with Crippen LogP contribution < -0.4 is 5.32 Å². The third kappa shape index (κ3) is 3.71. The van der Waals surface area contributed by atoms with Gasteiger partial charge in [-0.25, -0.2) is 0 Å². The molecule has 0 bridgehead atoms. The summed E-state index contributed by atoms with van der Waals surface area (Å²) in [6, 6.07) is 6.94. The first-order chi connectivity index (χ1) is 7.70. The Kier molecular flexibility index (Phi) is 6.31. The van der Waals surface area contributed by atoms with Crippen LogP contribution in [0.1, 0.15) is 30.0 Å². The summed E-state index contributed by atoms with van der Waals surface area (Å²) >= 11 is 2.43. The van der Waals surface area contributed by atoms with Crippen molar-refractivity contribution >= 4 is 22.6 Å². The van der Waals surface area contributed by atoms with Crippen molar-refractivity contribution < 1.29 is 4.74 Å². The van der Waals surface area contributed by atoms with Crippen molar-refractivity contribution in [3.05, 3.63) is 32.9 Å². The number of methoxy groups -OCH3 is 1. The first kappa shape index (κ1) is 13.9. The van der Waals surface area contributed by atoms with Crippen molar-refractivity contribution in [3.63, 3.8) is 0 Å². The van der Waals surface area contributed by atoms with Crippen LogP contribution in [0.4, 0.5) is 0 Å². The molecular formula is C13H20INO. The zero-order valence-corrected chi connectivity index (χ0v) is 12.4. The van der Waals surface area contributed by atoms with Gasteiger partial charge in [-0.3, -0.25) is 0 Å². The van der Waals surface area contributed by atoms with Gasteiger partial charge >= 0.3 is 0 Å². The van der Waals surface area contributed by atoms with Gasteiger partial charge in [0.25, 0.3) is 0 Å². The number of rotatable bonds is 6. The van der Waals surface area contributed by atoms with E-state index < -0.39 is 0 Å². The van der Waals surface area contributed by atoms with Crippen molar-refractivity contribution in [1.82, 2.24) is 5.32 Å². The highest BCUT2D eigenvalue weighted by Crippen LogP contribution is 2.25. The van der Waals surface area contributed by atoms with Crippen LogP contribution in [-0.4, -0.2) is 20.8 Å². The Labute approximate surface area is 112 Å². The second-order valence-electron chi connectivity index (χ2n) is 3.95. The lowest BCUT2D eigenvalue weighted by molar-refractivity contribution is 0.189. The van der Waals surface area contributed by atoms with Crippen LogP contribution in [-0.2, 0) is 4.74 Å². The molecule has 1 aromatic carbocycles. The Morgan fingerprint density at radius 1 is 1.44 bits per heavy atom. The van der Waals surface area contributed by atoms with Gasteiger partial charge in [0.05, 0.1) is 0 Å². The minimum Gasteiger partial charge on any atom is -0.385 e. The van der Waals surface area contributed by atoms with E-state index in [1.165, 1.54) is 14.7 Å². The predicted molar refractivity (Wildman–Crippen MR) is 76.8 cm³/mol. The highest BCUT2D eigenvalue weighted by Gasteiger charge is 2.12. The molecular weight excluding hydrogens is 313 g/mol. The number of halogens is 1. The second-order valence-corrected chi connectivity index (χ2v) is 5.03. The maximum atomic E-state index is 5.10. The van der Waals surface area contributed by atoms with Crippen LogP contribution in [0.5, 0.6) is 0 Å². The lowest BCUT2D eigenvalue weighted by Gasteiger charge is -2.19. The fraction of sp³-hybridized carbons (Fsp3) is 0.538. The van der Waals surface area contributed by atoms with Gasteiger partial charge < -0.3 is 10.1 Å². The van der Waals surface area contributed by atoms with Crippen molar-refractivity contribution in [1.29, 1.82) is 0 Å². The fourth-order valence-electron chi connectivity index (χ4n) is 1.83. The van der Waals surface area contributed by atoms with Gasteiger partial charge in [0.15, 0.2) is 0 Å². The van der Waals surface area contributed by atoms with Gasteiger partial charge in [-0.15, -0.1) is 0 Å². The molecule has 1 N–H and O–H groups in total. The summed E-state index contributed by atoms with van der Waals surface area (Å²) in [5.41, 5.74) is 2.75. The van der Waals surface area contributed by atoms with E-state index in [0.29, 0.717) is 6.04 Å². The van der Waals surface area contributed by atoms with Gasteiger partial charge in [-0.05, 0) is 60.5 Å². The molecule has 0 saturated heterocycles. The Hall–Kier alpha value is -0.130. The molecule has 0 amide bonds. The molecule has 0 aliphatic carbocycles. The summed E-state index contributed by atoms with van der Waals surface area (Å²) in [5, 5.41) is 3.38. The molecule has 3 heteroatoms. The minimum absolute atomic E-state index is 0.432. The molecule has 0 aromatic heterocycles. The van der Waals surface area contributed by atoms with Crippen LogP contribution in [0.25, 0.3) is 0 Å². The molecule has 1 rings (SSSR count). The Morgan fingerprint density at radius 3 is 2.81 bits per heavy atom. The van der Waals surface area contributed by atoms with Crippen molar-refractivity contribution in [2.75, 3.05) is 20.8 Å². The van der Waals surface area contributed by atoms with Gasteiger partial charge in [-0.2, -0.15) is 0 Å². The smallest absolute Gasteiger partial charge is 0.0462 e. The topological polar surface area (TPSA) is 21.3 Å². The third-order valence-corrected chi connectivity index (χ3v) is 4.26. The molecule has 1 aromatic rings. The first-order valence-corrected chi connectivity index (χ1v) is 6.69. The zero-order valence-electron chi connectivity index (χ0n) is 10.2. The standard InChI is InChI=1S/C13H20INO/c1-10-6-4-7-11(13(10)14)12(15-2)8-5-9-16-3/h4,6-7,12,15H,5,8-9H2,1-3H3. The second kappa shape index (κ2) is 7.25. The zero-order chi connectivity index (χ0) is 12.0. The van der Waals surface area contributed by atoms with Gasteiger partial charge in [0.1, 0.15) is 0 Å². The summed E-state index contributed by atoms with van der Waals surface area (Å²) < 4.78 is 6.47. The maximum absolute atomic E-state index is 5.10. The molecule has 2 nitrogen and oxygen atoms in total. The first-order valence-electron chi connectivity index (χ1n) is 5.62.